The van der Waals surface area contributed by atoms with Gasteiger partial charge in [0, 0.05) is 16.7 Å². The molecule has 0 N–H and O–H groups in total. The smallest absolute Gasteiger partial charge is 0.200 e. The zero-order valence-corrected chi connectivity index (χ0v) is 13.0. The third-order valence-corrected chi connectivity index (χ3v) is 3.73. The number of Topliss-reactive ketones (excluding diaryl/α,β-unsaturated/α-hetero) is 1. The van der Waals surface area contributed by atoms with Crippen molar-refractivity contribution in [3.05, 3.63) is 62.1 Å². The summed E-state index contributed by atoms with van der Waals surface area (Å²) < 4.78 is 5.36. The maximum Gasteiger partial charge on any atom is 0.200 e. The van der Waals surface area contributed by atoms with Crippen LogP contribution in [-0.2, 0) is 0 Å². The predicted molar refractivity (Wildman–Crippen MR) is 82.7 cm³/mol. The van der Waals surface area contributed by atoms with E-state index in [9.17, 15) is 4.79 Å². The number of ether oxygens (including phenoxy) is 1. The van der Waals surface area contributed by atoms with E-state index in [0.717, 1.165) is 0 Å². The summed E-state index contributed by atoms with van der Waals surface area (Å²) in [5, 5.41) is 1.41. The maximum absolute atomic E-state index is 11.9. The van der Waals surface area contributed by atoms with Crippen LogP contribution in [0.2, 0.25) is 20.1 Å². The van der Waals surface area contributed by atoms with Crippen LogP contribution >= 0.6 is 46.4 Å². The van der Waals surface area contributed by atoms with E-state index in [4.69, 9.17) is 51.1 Å². The highest BCUT2D eigenvalue weighted by atomic mass is 35.5. The Kier molecular flexibility index (Phi) is 5.17. The molecule has 0 unspecified atom stereocenters. The monoisotopic (exact) mass is 348 g/mol. The molecule has 0 saturated heterocycles. The number of hydrogen-bond donors (Lipinski definition) is 0. The van der Waals surface area contributed by atoms with Crippen molar-refractivity contribution in [1.29, 1.82) is 0 Å². The number of hydrogen-bond acceptors (Lipinski definition) is 2. The van der Waals surface area contributed by atoms with Crippen LogP contribution in [0.1, 0.15) is 10.4 Å². The minimum absolute atomic E-state index is 0.169. The molecule has 2 nitrogen and oxygen atoms in total. The molecule has 0 amide bonds. The Morgan fingerprint density at radius 1 is 0.950 bits per heavy atom. The SMILES string of the molecule is O=C(COc1cc(Cl)c(Cl)cc1Cl)c1cccc(Cl)c1. The van der Waals surface area contributed by atoms with Crippen LogP contribution in [0.3, 0.4) is 0 Å². The molecule has 0 radical (unpaired) electrons. The number of ketones is 1. The van der Waals surface area contributed by atoms with E-state index in [1.807, 2.05) is 0 Å². The molecule has 2 aromatic carbocycles. The molecule has 0 aliphatic carbocycles. The quantitative estimate of drug-likeness (QED) is 0.533. The van der Waals surface area contributed by atoms with Gasteiger partial charge in [-0.25, -0.2) is 0 Å². The van der Waals surface area contributed by atoms with Gasteiger partial charge in [-0.15, -0.1) is 0 Å². The average molecular weight is 350 g/mol. The Hall–Kier alpha value is -0.930. The van der Waals surface area contributed by atoms with Crippen molar-refractivity contribution in [3.63, 3.8) is 0 Å². The second-order valence-corrected chi connectivity index (χ2v) is 5.58. The Bertz CT molecular complexity index is 656. The molecule has 6 heteroatoms. The standard InChI is InChI=1S/C14H8Cl4O2/c15-9-3-1-2-8(4-9)13(19)7-20-14-6-11(17)10(16)5-12(14)18/h1-6H,7H2. The highest BCUT2D eigenvalue weighted by Gasteiger charge is 2.11. The van der Waals surface area contributed by atoms with Crippen LogP contribution in [0.15, 0.2) is 36.4 Å². The van der Waals surface area contributed by atoms with Gasteiger partial charge < -0.3 is 4.74 Å². The van der Waals surface area contributed by atoms with E-state index in [-0.39, 0.29) is 12.4 Å². The molecule has 0 heterocycles. The second-order valence-electron chi connectivity index (χ2n) is 3.92. The van der Waals surface area contributed by atoms with Crippen molar-refractivity contribution in [2.24, 2.45) is 0 Å². The lowest BCUT2D eigenvalue weighted by Crippen LogP contribution is -2.11. The topological polar surface area (TPSA) is 26.3 Å². The lowest BCUT2D eigenvalue weighted by molar-refractivity contribution is 0.0921. The highest BCUT2D eigenvalue weighted by molar-refractivity contribution is 6.43. The Morgan fingerprint density at radius 2 is 1.65 bits per heavy atom. The molecular formula is C14H8Cl4O2. The van der Waals surface area contributed by atoms with Crippen LogP contribution in [0.4, 0.5) is 0 Å². The van der Waals surface area contributed by atoms with Crippen LogP contribution in [0, 0.1) is 0 Å². The summed E-state index contributed by atoms with van der Waals surface area (Å²) in [6.45, 7) is -0.169. The van der Waals surface area contributed by atoms with E-state index >= 15 is 0 Å². The molecular weight excluding hydrogens is 342 g/mol. The molecule has 0 spiro atoms. The zero-order chi connectivity index (χ0) is 14.7. The minimum Gasteiger partial charge on any atom is -0.484 e. The molecule has 0 bridgehead atoms. The first-order chi connectivity index (χ1) is 9.47. The van der Waals surface area contributed by atoms with Crippen LogP contribution < -0.4 is 4.74 Å². The van der Waals surface area contributed by atoms with E-state index < -0.39 is 0 Å². The maximum atomic E-state index is 11.9. The van der Waals surface area contributed by atoms with E-state index in [1.54, 1.807) is 24.3 Å². The lowest BCUT2D eigenvalue weighted by atomic mass is 10.1. The van der Waals surface area contributed by atoms with Gasteiger partial charge in [0.15, 0.2) is 12.4 Å². The Balaban J connectivity index is 2.09. The molecule has 2 rings (SSSR count). The van der Waals surface area contributed by atoms with Gasteiger partial charge in [-0.1, -0.05) is 58.5 Å². The second kappa shape index (κ2) is 6.68. The summed E-state index contributed by atoms with van der Waals surface area (Å²) in [7, 11) is 0. The van der Waals surface area contributed by atoms with E-state index in [2.05, 4.69) is 0 Å². The summed E-state index contributed by atoms with van der Waals surface area (Å²) in [5.74, 6) is 0.0890. The molecule has 0 atom stereocenters. The summed E-state index contributed by atoms with van der Waals surface area (Å²) >= 11 is 23.5. The van der Waals surface area contributed by atoms with Gasteiger partial charge in [0.1, 0.15) is 5.75 Å². The predicted octanol–water partition coefficient (Wildman–Crippen LogP) is 5.56. The minimum atomic E-state index is -0.213. The van der Waals surface area contributed by atoms with Crippen molar-refractivity contribution < 1.29 is 9.53 Å². The normalized spacial score (nSPS) is 10.4. The fourth-order valence-electron chi connectivity index (χ4n) is 1.50. The number of rotatable bonds is 4. The van der Waals surface area contributed by atoms with E-state index in [1.165, 1.54) is 12.1 Å². The lowest BCUT2D eigenvalue weighted by Gasteiger charge is -2.09. The van der Waals surface area contributed by atoms with Gasteiger partial charge in [0.2, 0.25) is 0 Å². The number of carbonyl (C=O) groups is 1. The van der Waals surface area contributed by atoms with Crippen molar-refractivity contribution >= 4 is 52.2 Å². The highest BCUT2D eigenvalue weighted by Crippen LogP contribution is 2.33. The summed E-state index contributed by atoms with van der Waals surface area (Å²) in [6.07, 6.45) is 0. The summed E-state index contributed by atoms with van der Waals surface area (Å²) in [6, 6.07) is 9.55. The van der Waals surface area contributed by atoms with Crippen LogP contribution in [0.5, 0.6) is 5.75 Å². The van der Waals surface area contributed by atoms with Gasteiger partial charge in [-0.2, -0.15) is 0 Å². The summed E-state index contributed by atoms with van der Waals surface area (Å²) in [4.78, 5) is 11.9. The number of carbonyl (C=O) groups excluding carboxylic acids is 1. The fraction of sp³-hybridized carbons (Fsp3) is 0.0714. The van der Waals surface area contributed by atoms with Crippen LogP contribution in [0.25, 0.3) is 0 Å². The molecule has 104 valence electrons. The van der Waals surface area contributed by atoms with Crippen molar-refractivity contribution in [2.45, 2.75) is 0 Å². The zero-order valence-electron chi connectivity index (χ0n) is 10.00. The molecule has 0 saturated carbocycles. The average Bonchev–Trinajstić information content (AvgIpc) is 2.41. The third kappa shape index (κ3) is 3.80. The first kappa shape index (κ1) is 15.5. The summed E-state index contributed by atoms with van der Waals surface area (Å²) in [5.41, 5.74) is 0.466. The number of halogens is 4. The van der Waals surface area contributed by atoms with Gasteiger partial charge >= 0.3 is 0 Å². The Labute approximate surface area is 136 Å². The fourth-order valence-corrected chi connectivity index (χ4v) is 2.29. The van der Waals surface area contributed by atoms with Gasteiger partial charge in [-0.05, 0) is 18.2 Å². The largest absolute Gasteiger partial charge is 0.484 e. The van der Waals surface area contributed by atoms with Crippen molar-refractivity contribution in [3.8, 4) is 5.75 Å². The van der Waals surface area contributed by atoms with Gasteiger partial charge in [-0.3, -0.25) is 4.79 Å². The third-order valence-electron chi connectivity index (χ3n) is 2.48. The van der Waals surface area contributed by atoms with Gasteiger partial charge in [0.05, 0.1) is 15.1 Å². The molecule has 2 aromatic rings. The molecule has 0 fully saturated rings. The Morgan fingerprint density at radius 3 is 2.35 bits per heavy atom. The molecule has 0 aliphatic heterocycles. The molecule has 0 aliphatic rings. The first-order valence-electron chi connectivity index (χ1n) is 5.53. The van der Waals surface area contributed by atoms with Gasteiger partial charge in [0.25, 0.3) is 0 Å². The van der Waals surface area contributed by atoms with Crippen molar-refractivity contribution in [2.75, 3.05) is 6.61 Å². The van der Waals surface area contributed by atoms with Crippen LogP contribution in [-0.4, -0.2) is 12.4 Å². The van der Waals surface area contributed by atoms with Crippen molar-refractivity contribution in [1.82, 2.24) is 0 Å². The molecule has 0 aromatic heterocycles. The first-order valence-corrected chi connectivity index (χ1v) is 7.04. The van der Waals surface area contributed by atoms with E-state index in [0.29, 0.717) is 31.4 Å². The number of benzene rings is 2. The molecule has 20 heavy (non-hydrogen) atoms.